The van der Waals surface area contributed by atoms with Crippen LogP contribution < -0.4 is 4.74 Å². The molecular weight excluding hydrogens is 323 g/mol. The lowest BCUT2D eigenvalue weighted by Gasteiger charge is -2.06. The second kappa shape index (κ2) is 5.49. The first kappa shape index (κ1) is 13.0. The molecule has 2 aromatic rings. The monoisotopic (exact) mass is 330 g/mol. The number of hydrogen-bond acceptors (Lipinski definition) is 3. The summed E-state index contributed by atoms with van der Waals surface area (Å²) >= 11 is 4.39. The number of hydrogen-bond donors (Lipinski definition) is 1. The third-order valence-electron chi connectivity index (χ3n) is 2.14. The van der Waals surface area contributed by atoms with Crippen LogP contribution in [0.1, 0.15) is 14.5 Å². The second-order valence-electron chi connectivity index (χ2n) is 3.43. The number of ether oxygens (including phenoxy) is 1. The molecule has 18 heavy (non-hydrogen) atoms. The molecule has 6 heteroatoms. The lowest BCUT2D eigenvalue weighted by Crippen LogP contribution is -1.94. The lowest BCUT2D eigenvalue weighted by atomic mass is 10.3. The molecule has 1 aromatic heterocycles. The van der Waals surface area contributed by atoms with Crippen LogP contribution in [-0.4, -0.2) is 11.1 Å². The number of rotatable bonds is 4. The third-order valence-corrected chi connectivity index (χ3v) is 3.84. The lowest BCUT2D eigenvalue weighted by molar-refractivity contribution is 0.0702. The molecule has 0 aliphatic rings. The van der Waals surface area contributed by atoms with Gasteiger partial charge in [0.1, 0.15) is 23.1 Å². The van der Waals surface area contributed by atoms with Crippen molar-refractivity contribution in [2.75, 3.05) is 0 Å². The summed E-state index contributed by atoms with van der Waals surface area (Å²) in [5, 5.41) is 8.78. The minimum atomic E-state index is -0.960. The smallest absolute Gasteiger partial charge is 0.345 e. The minimum absolute atomic E-state index is 0.208. The van der Waals surface area contributed by atoms with Crippen molar-refractivity contribution in [3.8, 4) is 5.75 Å². The highest BCUT2D eigenvalue weighted by Gasteiger charge is 2.08. The highest BCUT2D eigenvalue weighted by molar-refractivity contribution is 9.10. The van der Waals surface area contributed by atoms with Gasteiger partial charge in [-0.2, -0.15) is 0 Å². The van der Waals surface area contributed by atoms with Crippen LogP contribution in [0.3, 0.4) is 0 Å². The molecule has 2 rings (SSSR count). The molecule has 94 valence electrons. The number of benzene rings is 1. The van der Waals surface area contributed by atoms with Crippen LogP contribution in [0.5, 0.6) is 5.75 Å². The quantitative estimate of drug-likeness (QED) is 0.923. The summed E-state index contributed by atoms with van der Waals surface area (Å²) in [6.45, 7) is 0.208. The molecule has 3 nitrogen and oxygen atoms in total. The van der Waals surface area contributed by atoms with E-state index in [0.29, 0.717) is 10.2 Å². The molecule has 0 unspecified atom stereocenters. The van der Waals surface area contributed by atoms with Crippen molar-refractivity contribution in [3.05, 3.63) is 50.4 Å². The summed E-state index contributed by atoms with van der Waals surface area (Å²) in [6, 6.07) is 7.36. The average Bonchev–Trinajstić information content (AvgIpc) is 2.79. The van der Waals surface area contributed by atoms with Gasteiger partial charge < -0.3 is 9.84 Å². The Morgan fingerprint density at radius 3 is 2.83 bits per heavy atom. The van der Waals surface area contributed by atoms with Gasteiger partial charge in [-0.25, -0.2) is 9.18 Å². The maximum absolute atomic E-state index is 13.0. The van der Waals surface area contributed by atoms with E-state index in [4.69, 9.17) is 9.84 Å². The molecule has 0 radical (unpaired) electrons. The Labute approximate surface area is 115 Å². The van der Waals surface area contributed by atoms with Gasteiger partial charge >= 0.3 is 5.97 Å². The maximum Gasteiger partial charge on any atom is 0.345 e. The zero-order valence-corrected chi connectivity index (χ0v) is 11.4. The van der Waals surface area contributed by atoms with Crippen LogP contribution in [-0.2, 0) is 6.61 Å². The van der Waals surface area contributed by atoms with E-state index in [1.54, 1.807) is 12.1 Å². The molecule has 0 fully saturated rings. The molecule has 0 saturated carbocycles. The van der Waals surface area contributed by atoms with Crippen molar-refractivity contribution in [2.24, 2.45) is 0 Å². The van der Waals surface area contributed by atoms with Gasteiger partial charge in [0, 0.05) is 10.9 Å². The van der Waals surface area contributed by atoms with Crippen LogP contribution >= 0.6 is 27.3 Å². The highest BCUT2D eigenvalue weighted by Crippen LogP contribution is 2.27. The number of carbonyl (C=O) groups is 1. The first-order valence-corrected chi connectivity index (χ1v) is 6.57. The first-order valence-electron chi connectivity index (χ1n) is 4.96. The Kier molecular flexibility index (Phi) is 3.98. The fourth-order valence-corrected chi connectivity index (χ4v) is 2.43. The molecule has 1 heterocycles. The third kappa shape index (κ3) is 3.08. The predicted octanol–water partition coefficient (Wildman–Crippen LogP) is 3.93. The normalized spacial score (nSPS) is 10.3. The van der Waals surface area contributed by atoms with Gasteiger partial charge in [0.05, 0.1) is 4.47 Å². The standard InChI is InChI=1S/C12H8BrFO3S/c13-9-3-1-7(14)5-10(9)17-6-8-2-4-11(18-8)12(15)16/h1-5H,6H2,(H,15,16). The van der Waals surface area contributed by atoms with Crippen molar-refractivity contribution < 1.29 is 19.0 Å². The second-order valence-corrected chi connectivity index (χ2v) is 5.46. The van der Waals surface area contributed by atoms with Crippen LogP contribution in [0, 0.1) is 5.82 Å². The molecule has 0 amide bonds. The molecule has 1 aromatic carbocycles. The Bertz CT molecular complexity index is 582. The summed E-state index contributed by atoms with van der Waals surface area (Å²) in [4.78, 5) is 11.7. The van der Waals surface area contributed by atoms with E-state index in [9.17, 15) is 9.18 Å². The van der Waals surface area contributed by atoms with Crippen molar-refractivity contribution in [2.45, 2.75) is 6.61 Å². The number of carboxylic acid groups (broad SMARTS) is 1. The first-order chi connectivity index (χ1) is 8.56. The summed E-state index contributed by atoms with van der Waals surface area (Å²) in [5.74, 6) is -0.955. The molecule has 0 aliphatic carbocycles. The zero-order chi connectivity index (χ0) is 13.1. The van der Waals surface area contributed by atoms with Crippen molar-refractivity contribution >= 4 is 33.2 Å². The number of aromatic carboxylic acids is 1. The SMILES string of the molecule is O=C(O)c1ccc(COc2cc(F)ccc2Br)s1. The Hall–Kier alpha value is -1.40. The van der Waals surface area contributed by atoms with Gasteiger partial charge in [0.15, 0.2) is 0 Å². The van der Waals surface area contributed by atoms with E-state index in [2.05, 4.69) is 15.9 Å². The van der Waals surface area contributed by atoms with E-state index in [0.717, 1.165) is 16.2 Å². The molecule has 0 bridgehead atoms. The fraction of sp³-hybridized carbons (Fsp3) is 0.0833. The van der Waals surface area contributed by atoms with Crippen molar-refractivity contribution in [1.29, 1.82) is 0 Å². The van der Waals surface area contributed by atoms with Gasteiger partial charge in [-0.3, -0.25) is 0 Å². The summed E-state index contributed by atoms with van der Waals surface area (Å²) in [7, 11) is 0. The summed E-state index contributed by atoms with van der Waals surface area (Å²) in [6.07, 6.45) is 0. The van der Waals surface area contributed by atoms with Gasteiger partial charge in [0.25, 0.3) is 0 Å². The van der Waals surface area contributed by atoms with Crippen molar-refractivity contribution in [3.63, 3.8) is 0 Å². The van der Waals surface area contributed by atoms with E-state index < -0.39 is 5.97 Å². The number of carboxylic acids is 1. The fourth-order valence-electron chi connectivity index (χ4n) is 1.31. The summed E-state index contributed by atoms with van der Waals surface area (Å²) in [5.41, 5.74) is 0. The molecule has 0 saturated heterocycles. The van der Waals surface area contributed by atoms with Gasteiger partial charge in [-0.15, -0.1) is 11.3 Å². The van der Waals surface area contributed by atoms with Gasteiger partial charge in [0.2, 0.25) is 0 Å². The van der Waals surface area contributed by atoms with Gasteiger partial charge in [-0.1, -0.05) is 0 Å². The van der Waals surface area contributed by atoms with E-state index in [-0.39, 0.29) is 17.3 Å². The molecular formula is C12H8BrFO3S. The summed E-state index contributed by atoms with van der Waals surface area (Å²) < 4.78 is 19.1. The number of halogens is 2. The highest BCUT2D eigenvalue weighted by atomic mass is 79.9. The molecule has 0 atom stereocenters. The number of thiophene rings is 1. The van der Waals surface area contributed by atoms with Crippen LogP contribution in [0.25, 0.3) is 0 Å². The van der Waals surface area contributed by atoms with E-state index in [1.807, 2.05) is 0 Å². The van der Waals surface area contributed by atoms with Crippen LogP contribution in [0.2, 0.25) is 0 Å². The zero-order valence-electron chi connectivity index (χ0n) is 9.02. The van der Waals surface area contributed by atoms with E-state index in [1.165, 1.54) is 18.2 Å². The van der Waals surface area contributed by atoms with Crippen molar-refractivity contribution in [1.82, 2.24) is 0 Å². The minimum Gasteiger partial charge on any atom is -0.487 e. The van der Waals surface area contributed by atoms with Crippen LogP contribution in [0.4, 0.5) is 4.39 Å². The van der Waals surface area contributed by atoms with Crippen LogP contribution in [0.15, 0.2) is 34.8 Å². The predicted molar refractivity (Wildman–Crippen MR) is 69.7 cm³/mol. The Morgan fingerprint density at radius 2 is 2.17 bits per heavy atom. The van der Waals surface area contributed by atoms with Gasteiger partial charge in [-0.05, 0) is 40.2 Å². The topological polar surface area (TPSA) is 46.5 Å². The average molecular weight is 331 g/mol. The molecule has 0 aliphatic heterocycles. The van der Waals surface area contributed by atoms with E-state index >= 15 is 0 Å². The Balaban J connectivity index is 2.06. The Morgan fingerprint density at radius 1 is 1.39 bits per heavy atom. The maximum atomic E-state index is 13.0. The largest absolute Gasteiger partial charge is 0.487 e. The molecule has 0 spiro atoms. The molecule has 1 N–H and O–H groups in total.